The van der Waals surface area contributed by atoms with Crippen LogP contribution >= 0.6 is 0 Å². The number of aromatic nitrogens is 3. The Morgan fingerprint density at radius 1 is 0.938 bits per heavy atom. The molecule has 2 aliphatic heterocycles. The van der Waals surface area contributed by atoms with E-state index in [0.29, 0.717) is 24.5 Å². The SMILES string of the molecule is Cc1cc(N2CCN(C(=O)c3ccc(OC4CCCC4)nc3)CC2)nc(N2CCCC2)n1. The summed E-state index contributed by atoms with van der Waals surface area (Å²) in [5.41, 5.74) is 1.60. The van der Waals surface area contributed by atoms with Crippen LogP contribution in [0, 0.1) is 6.92 Å². The summed E-state index contributed by atoms with van der Waals surface area (Å²) in [4.78, 5) is 33.3. The highest BCUT2D eigenvalue weighted by molar-refractivity contribution is 5.94. The van der Waals surface area contributed by atoms with E-state index in [1.54, 1.807) is 6.20 Å². The van der Waals surface area contributed by atoms with Crippen LogP contribution in [0.1, 0.15) is 54.6 Å². The third-order valence-corrected chi connectivity index (χ3v) is 6.68. The molecule has 170 valence electrons. The largest absolute Gasteiger partial charge is 0.474 e. The number of carbonyl (C=O) groups is 1. The lowest BCUT2D eigenvalue weighted by atomic mass is 10.2. The van der Waals surface area contributed by atoms with E-state index < -0.39 is 0 Å². The zero-order chi connectivity index (χ0) is 21.9. The van der Waals surface area contributed by atoms with Crippen LogP contribution in [0.25, 0.3) is 0 Å². The summed E-state index contributed by atoms with van der Waals surface area (Å²) in [6, 6.07) is 5.71. The normalized spacial score (nSPS) is 19.6. The number of anilines is 2. The van der Waals surface area contributed by atoms with Crippen molar-refractivity contribution in [2.24, 2.45) is 0 Å². The number of pyridine rings is 1. The van der Waals surface area contributed by atoms with Crippen LogP contribution in [0.5, 0.6) is 5.88 Å². The maximum Gasteiger partial charge on any atom is 0.255 e. The number of amides is 1. The summed E-state index contributed by atoms with van der Waals surface area (Å²) in [6.45, 7) is 6.95. The summed E-state index contributed by atoms with van der Waals surface area (Å²) in [5, 5.41) is 0. The van der Waals surface area contributed by atoms with Crippen LogP contribution < -0.4 is 14.5 Å². The first-order chi connectivity index (χ1) is 15.7. The maximum atomic E-state index is 13.0. The number of hydrogen-bond donors (Lipinski definition) is 0. The monoisotopic (exact) mass is 436 g/mol. The summed E-state index contributed by atoms with van der Waals surface area (Å²) >= 11 is 0. The second kappa shape index (κ2) is 9.30. The van der Waals surface area contributed by atoms with Gasteiger partial charge < -0.3 is 19.4 Å². The van der Waals surface area contributed by atoms with E-state index in [2.05, 4.69) is 19.8 Å². The molecule has 2 aromatic heterocycles. The fraction of sp³-hybridized carbons (Fsp3) is 0.583. The van der Waals surface area contributed by atoms with Crippen LogP contribution in [0.4, 0.5) is 11.8 Å². The van der Waals surface area contributed by atoms with Crippen molar-refractivity contribution in [3.63, 3.8) is 0 Å². The molecular formula is C24H32N6O2. The second-order valence-electron chi connectivity index (χ2n) is 9.05. The number of piperazine rings is 1. The van der Waals surface area contributed by atoms with Crippen molar-refractivity contribution in [3.8, 4) is 5.88 Å². The Morgan fingerprint density at radius 2 is 1.69 bits per heavy atom. The van der Waals surface area contributed by atoms with Crippen molar-refractivity contribution in [1.82, 2.24) is 19.9 Å². The number of rotatable bonds is 5. The van der Waals surface area contributed by atoms with E-state index in [-0.39, 0.29) is 12.0 Å². The molecule has 0 aromatic carbocycles. The Hall–Kier alpha value is -2.90. The predicted octanol–water partition coefficient (Wildman–Crippen LogP) is 3.06. The van der Waals surface area contributed by atoms with Crippen LogP contribution in [0.2, 0.25) is 0 Å². The highest BCUT2D eigenvalue weighted by atomic mass is 16.5. The number of hydrogen-bond acceptors (Lipinski definition) is 7. The van der Waals surface area contributed by atoms with E-state index in [1.807, 2.05) is 30.0 Å². The van der Waals surface area contributed by atoms with Crippen LogP contribution in [-0.4, -0.2) is 71.1 Å². The fourth-order valence-corrected chi connectivity index (χ4v) is 4.83. The minimum Gasteiger partial charge on any atom is -0.474 e. The van der Waals surface area contributed by atoms with Crippen molar-refractivity contribution in [2.45, 2.75) is 51.6 Å². The Balaban J connectivity index is 1.18. The first-order valence-electron chi connectivity index (χ1n) is 11.9. The summed E-state index contributed by atoms with van der Waals surface area (Å²) in [7, 11) is 0. The number of ether oxygens (including phenoxy) is 1. The van der Waals surface area contributed by atoms with Crippen LogP contribution in [0.15, 0.2) is 24.4 Å². The Bertz CT molecular complexity index is 930. The van der Waals surface area contributed by atoms with Gasteiger partial charge in [-0.25, -0.2) is 9.97 Å². The van der Waals surface area contributed by atoms with Gasteiger partial charge in [0.25, 0.3) is 5.91 Å². The van der Waals surface area contributed by atoms with Gasteiger partial charge in [0, 0.05) is 63.3 Å². The molecular weight excluding hydrogens is 404 g/mol. The molecule has 1 aliphatic carbocycles. The molecule has 1 amide bonds. The Kier molecular flexibility index (Phi) is 6.10. The van der Waals surface area contributed by atoms with E-state index in [9.17, 15) is 4.79 Å². The molecule has 0 unspecified atom stereocenters. The molecule has 3 aliphatic rings. The van der Waals surface area contributed by atoms with Crippen LogP contribution in [-0.2, 0) is 0 Å². The van der Waals surface area contributed by atoms with Gasteiger partial charge in [-0.3, -0.25) is 4.79 Å². The summed E-state index contributed by atoms with van der Waals surface area (Å²) in [5.74, 6) is 2.44. The maximum absolute atomic E-state index is 13.0. The average molecular weight is 437 g/mol. The molecule has 1 saturated carbocycles. The minimum absolute atomic E-state index is 0.0289. The Labute approximate surface area is 189 Å². The van der Waals surface area contributed by atoms with Crippen molar-refractivity contribution < 1.29 is 9.53 Å². The van der Waals surface area contributed by atoms with Crippen molar-refractivity contribution >= 4 is 17.7 Å². The summed E-state index contributed by atoms with van der Waals surface area (Å²) in [6.07, 6.45) is 8.97. The number of carbonyl (C=O) groups excluding carboxylic acids is 1. The Morgan fingerprint density at radius 3 is 2.38 bits per heavy atom. The predicted molar refractivity (Wildman–Crippen MR) is 123 cm³/mol. The summed E-state index contributed by atoms with van der Waals surface area (Å²) < 4.78 is 5.92. The van der Waals surface area contributed by atoms with E-state index >= 15 is 0 Å². The molecule has 0 N–H and O–H groups in total. The third kappa shape index (κ3) is 4.64. The van der Waals surface area contributed by atoms with Crippen molar-refractivity contribution in [1.29, 1.82) is 0 Å². The van der Waals surface area contributed by atoms with Gasteiger partial charge in [0.2, 0.25) is 11.8 Å². The quantitative estimate of drug-likeness (QED) is 0.713. The molecule has 0 atom stereocenters. The molecule has 4 heterocycles. The lowest BCUT2D eigenvalue weighted by Crippen LogP contribution is -2.49. The lowest BCUT2D eigenvalue weighted by molar-refractivity contribution is 0.0746. The van der Waals surface area contributed by atoms with Gasteiger partial charge in [0.1, 0.15) is 11.9 Å². The average Bonchev–Trinajstić information content (AvgIpc) is 3.54. The van der Waals surface area contributed by atoms with Gasteiger partial charge in [0.15, 0.2) is 0 Å². The first kappa shape index (κ1) is 21.0. The lowest BCUT2D eigenvalue weighted by Gasteiger charge is -2.35. The second-order valence-corrected chi connectivity index (χ2v) is 9.05. The number of aryl methyl sites for hydroxylation is 1. The molecule has 8 heteroatoms. The number of nitrogens with zero attached hydrogens (tertiary/aromatic N) is 6. The zero-order valence-electron chi connectivity index (χ0n) is 18.9. The van der Waals surface area contributed by atoms with Crippen molar-refractivity contribution in [2.75, 3.05) is 49.1 Å². The standard InChI is InChI=1S/C24H32N6O2/c1-18-16-21(27-24(26-18)30-10-4-5-11-30)28-12-14-29(15-13-28)23(31)19-8-9-22(25-17-19)32-20-6-2-3-7-20/h8-9,16-17,20H,2-7,10-15H2,1H3. The highest BCUT2D eigenvalue weighted by Crippen LogP contribution is 2.24. The molecule has 2 saturated heterocycles. The molecule has 0 radical (unpaired) electrons. The molecule has 8 nitrogen and oxygen atoms in total. The first-order valence-corrected chi connectivity index (χ1v) is 11.9. The van der Waals surface area contributed by atoms with Gasteiger partial charge in [-0.15, -0.1) is 0 Å². The van der Waals surface area contributed by atoms with Gasteiger partial charge in [-0.05, 0) is 51.5 Å². The van der Waals surface area contributed by atoms with Gasteiger partial charge in [-0.1, -0.05) is 0 Å². The van der Waals surface area contributed by atoms with Crippen LogP contribution in [0.3, 0.4) is 0 Å². The van der Waals surface area contributed by atoms with Gasteiger partial charge >= 0.3 is 0 Å². The van der Waals surface area contributed by atoms with E-state index in [0.717, 1.165) is 56.5 Å². The van der Waals surface area contributed by atoms with Gasteiger partial charge in [0.05, 0.1) is 5.56 Å². The topological polar surface area (TPSA) is 74.7 Å². The zero-order valence-corrected chi connectivity index (χ0v) is 18.9. The molecule has 3 fully saturated rings. The molecule has 32 heavy (non-hydrogen) atoms. The van der Waals surface area contributed by atoms with E-state index in [1.165, 1.54) is 25.7 Å². The highest BCUT2D eigenvalue weighted by Gasteiger charge is 2.25. The molecule has 0 spiro atoms. The molecule has 2 aromatic rings. The smallest absolute Gasteiger partial charge is 0.255 e. The third-order valence-electron chi connectivity index (χ3n) is 6.68. The fourth-order valence-electron chi connectivity index (χ4n) is 4.83. The minimum atomic E-state index is 0.0289. The molecule has 0 bridgehead atoms. The van der Waals surface area contributed by atoms with Crippen molar-refractivity contribution in [3.05, 3.63) is 35.7 Å². The molecule has 5 rings (SSSR count). The van der Waals surface area contributed by atoms with E-state index in [4.69, 9.17) is 9.72 Å². The van der Waals surface area contributed by atoms with Gasteiger partial charge in [-0.2, -0.15) is 4.98 Å².